The van der Waals surface area contributed by atoms with Gasteiger partial charge in [-0.3, -0.25) is 0 Å². The first kappa shape index (κ1) is 23.5. The van der Waals surface area contributed by atoms with Gasteiger partial charge in [-0.05, 0) is 102 Å². The number of hydrogen-bond acceptors (Lipinski definition) is 3. The van der Waals surface area contributed by atoms with E-state index < -0.39 is 17.8 Å². The van der Waals surface area contributed by atoms with Crippen LogP contribution in [0.3, 0.4) is 0 Å². The summed E-state index contributed by atoms with van der Waals surface area (Å²) < 4.78 is 0. The van der Waals surface area contributed by atoms with Crippen LogP contribution in [-0.2, 0) is 0 Å². The Balaban J connectivity index is 1.74. The van der Waals surface area contributed by atoms with Gasteiger partial charge in [0.1, 0.15) is 0 Å². The van der Waals surface area contributed by atoms with E-state index in [0.29, 0.717) is 24.3 Å². The molecule has 4 atom stereocenters. The van der Waals surface area contributed by atoms with Gasteiger partial charge in [0.25, 0.3) is 0 Å². The molecule has 3 aliphatic rings. The van der Waals surface area contributed by atoms with Gasteiger partial charge in [0.05, 0.1) is 17.8 Å². The Labute approximate surface area is 183 Å². The third-order valence-corrected chi connectivity index (χ3v) is 7.91. The third-order valence-electron chi connectivity index (χ3n) is 7.91. The van der Waals surface area contributed by atoms with Crippen LogP contribution in [0.1, 0.15) is 91.9 Å². The maximum Gasteiger partial charge on any atom is 0.0809 e. The van der Waals surface area contributed by atoms with Crippen LogP contribution in [0.2, 0.25) is 0 Å². The molecule has 0 aromatic rings. The first-order valence-corrected chi connectivity index (χ1v) is 11.9. The lowest BCUT2D eigenvalue weighted by molar-refractivity contribution is 0.0689. The van der Waals surface area contributed by atoms with E-state index in [1.165, 1.54) is 25.7 Å². The Kier molecular flexibility index (Phi) is 7.16. The highest BCUT2D eigenvalue weighted by Gasteiger charge is 2.46. The van der Waals surface area contributed by atoms with Gasteiger partial charge in [-0.1, -0.05) is 47.9 Å². The Hall–Kier alpha value is -1.16. The van der Waals surface area contributed by atoms with Crippen molar-refractivity contribution < 1.29 is 15.3 Å². The first-order valence-electron chi connectivity index (χ1n) is 11.9. The molecular weight excluding hydrogens is 372 g/mol. The molecular formula is C27H42O3. The largest absolute Gasteiger partial charge is 0.390 e. The van der Waals surface area contributed by atoms with Gasteiger partial charge in [0.15, 0.2) is 0 Å². The molecule has 0 aromatic heterocycles. The number of hydrogen-bond donors (Lipinski definition) is 3. The fraction of sp³-hybridized carbons (Fsp3) is 0.704. The molecule has 0 aromatic carbocycles. The smallest absolute Gasteiger partial charge is 0.0809 e. The van der Waals surface area contributed by atoms with Crippen molar-refractivity contribution in [3.05, 3.63) is 46.6 Å². The van der Waals surface area contributed by atoms with E-state index in [9.17, 15) is 15.3 Å². The summed E-state index contributed by atoms with van der Waals surface area (Å²) in [5, 5.41) is 30.3. The van der Waals surface area contributed by atoms with Crippen molar-refractivity contribution in [3.63, 3.8) is 0 Å². The molecule has 3 heteroatoms. The van der Waals surface area contributed by atoms with Crippen LogP contribution < -0.4 is 0 Å². The highest BCUT2D eigenvalue weighted by atomic mass is 16.3. The molecule has 0 heterocycles. The lowest BCUT2D eigenvalue weighted by Gasteiger charge is -2.40. The summed E-state index contributed by atoms with van der Waals surface area (Å²) in [5.74, 6) is 0.607. The summed E-state index contributed by atoms with van der Waals surface area (Å²) in [4.78, 5) is 0. The minimum atomic E-state index is -0.623. The van der Waals surface area contributed by atoms with Gasteiger partial charge in [-0.25, -0.2) is 0 Å². The first-order chi connectivity index (χ1) is 14.0. The molecule has 3 rings (SSSR count). The lowest BCUT2D eigenvalue weighted by atomic mass is 9.64. The van der Waals surface area contributed by atoms with E-state index >= 15 is 0 Å². The van der Waals surface area contributed by atoms with Gasteiger partial charge >= 0.3 is 0 Å². The van der Waals surface area contributed by atoms with Gasteiger partial charge in [-0.15, -0.1) is 0 Å². The molecule has 168 valence electrons. The summed E-state index contributed by atoms with van der Waals surface area (Å²) in [6.07, 6.45) is 13.5. The Bertz CT molecular complexity index is 733. The number of rotatable bonds is 5. The Morgan fingerprint density at radius 1 is 1.17 bits per heavy atom. The maximum absolute atomic E-state index is 10.1. The van der Waals surface area contributed by atoms with Crippen LogP contribution in [0.15, 0.2) is 46.6 Å². The Morgan fingerprint density at radius 2 is 1.83 bits per heavy atom. The molecule has 1 unspecified atom stereocenters. The summed E-state index contributed by atoms with van der Waals surface area (Å²) in [7, 11) is 0. The van der Waals surface area contributed by atoms with E-state index in [1.54, 1.807) is 16.7 Å². The van der Waals surface area contributed by atoms with E-state index in [1.807, 2.05) is 13.8 Å². The van der Waals surface area contributed by atoms with E-state index in [2.05, 4.69) is 32.6 Å². The number of aliphatic hydroxyl groups excluding tert-OH is 2. The monoisotopic (exact) mass is 414 g/mol. The van der Waals surface area contributed by atoms with Crippen LogP contribution >= 0.6 is 0 Å². The normalized spacial score (nSPS) is 35.6. The van der Waals surface area contributed by atoms with Crippen LogP contribution in [-0.4, -0.2) is 33.1 Å². The van der Waals surface area contributed by atoms with Crippen LogP contribution in [0.4, 0.5) is 0 Å². The highest BCUT2D eigenvalue weighted by molar-refractivity contribution is 5.35. The molecule has 0 saturated heterocycles. The van der Waals surface area contributed by atoms with E-state index in [4.69, 9.17) is 0 Å². The molecule has 3 saturated carbocycles. The van der Waals surface area contributed by atoms with E-state index in [0.717, 1.165) is 31.3 Å². The minimum absolute atomic E-state index is 0.265. The zero-order valence-electron chi connectivity index (χ0n) is 19.5. The second-order valence-electron chi connectivity index (χ2n) is 10.9. The minimum Gasteiger partial charge on any atom is -0.390 e. The quantitative estimate of drug-likeness (QED) is 0.501. The molecule has 3 N–H and O–H groups in total. The number of allylic oxidation sites excluding steroid dienone is 5. The van der Waals surface area contributed by atoms with E-state index in [-0.39, 0.29) is 5.41 Å². The fourth-order valence-electron chi connectivity index (χ4n) is 6.12. The van der Waals surface area contributed by atoms with Crippen LogP contribution in [0, 0.1) is 11.3 Å². The van der Waals surface area contributed by atoms with Gasteiger partial charge in [0.2, 0.25) is 0 Å². The standard InChI is InChI=1S/C27H42O3/c1-18(8-6-14-26(3,4)30)22-12-13-23-21(9-7-15-27(22,23)5)11-10-20-16-24(28)19(2)25(29)17-20/h10-11,23-25,28-30H,2,6-9,12-17H2,1,3-5H3/t23?,24-,25-,27-/m1/s1. The number of aliphatic hydroxyl groups is 3. The fourth-order valence-corrected chi connectivity index (χ4v) is 6.12. The molecule has 0 bridgehead atoms. The second-order valence-corrected chi connectivity index (χ2v) is 10.9. The maximum atomic E-state index is 10.1. The van der Waals surface area contributed by atoms with Crippen molar-refractivity contribution >= 4 is 0 Å². The predicted octanol–water partition coefficient (Wildman–Crippen LogP) is 5.77. The number of fused-ring (bicyclic) bond motifs is 1. The van der Waals surface area contributed by atoms with Crippen molar-refractivity contribution in [2.24, 2.45) is 11.3 Å². The highest BCUT2D eigenvalue weighted by Crippen LogP contribution is 2.58. The van der Waals surface area contributed by atoms with Gasteiger partial charge < -0.3 is 15.3 Å². The molecule has 3 aliphatic carbocycles. The van der Waals surface area contributed by atoms with Crippen molar-refractivity contribution in [1.29, 1.82) is 0 Å². The predicted molar refractivity (Wildman–Crippen MR) is 124 cm³/mol. The van der Waals surface area contributed by atoms with Gasteiger partial charge in [-0.2, -0.15) is 0 Å². The van der Waals surface area contributed by atoms with Crippen molar-refractivity contribution in [1.82, 2.24) is 0 Å². The lowest BCUT2D eigenvalue weighted by Crippen LogP contribution is -2.29. The molecule has 0 radical (unpaired) electrons. The third kappa shape index (κ3) is 5.18. The molecule has 0 aliphatic heterocycles. The van der Waals surface area contributed by atoms with Crippen molar-refractivity contribution in [2.75, 3.05) is 0 Å². The zero-order chi connectivity index (χ0) is 22.1. The molecule has 30 heavy (non-hydrogen) atoms. The molecule has 0 amide bonds. The second kappa shape index (κ2) is 9.14. The van der Waals surface area contributed by atoms with Crippen molar-refractivity contribution in [3.8, 4) is 0 Å². The molecule has 3 fully saturated rings. The average Bonchev–Trinajstić information content (AvgIpc) is 3.00. The van der Waals surface area contributed by atoms with Crippen LogP contribution in [0.25, 0.3) is 0 Å². The Morgan fingerprint density at radius 3 is 2.47 bits per heavy atom. The molecule has 3 nitrogen and oxygen atoms in total. The summed E-state index contributed by atoms with van der Waals surface area (Å²) in [6.45, 7) is 12.4. The van der Waals surface area contributed by atoms with Crippen LogP contribution in [0.5, 0.6) is 0 Å². The SMILES string of the molecule is C=C1[C@H](O)CC(=CC=C2CCC[C@]3(C)C(=C(C)CCCC(C)(C)O)CCC23)C[C@H]1O. The zero-order valence-corrected chi connectivity index (χ0v) is 19.5. The molecule has 0 spiro atoms. The summed E-state index contributed by atoms with van der Waals surface area (Å²) >= 11 is 0. The topological polar surface area (TPSA) is 60.7 Å². The van der Waals surface area contributed by atoms with Crippen molar-refractivity contribution in [2.45, 2.75) is 110 Å². The summed E-state index contributed by atoms with van der Waals surface area (Å²) in [5.41, 5.74) is 6.12. The summed E-state index contributed by atoms with van der Waals surface area (Å²) in [6, 6.07) is 0. The average molecular weight is 415 g/mol. The van der Waals surface area contributed by atoms with Gasteiger partial charge in [0, 0.05) is 0 Å².